The molecule has 0 aromatic heterocycles. The second kappa shape index (κ2) is 103. The highest BCUT2D eigenvalue weighted by Crippen LogP contribution is 2.05. The molecule has 0 saturated carbocycles. The zero-order valence-corrected chi connectivity index (χ0v) is 87.7. The van der Waals surface area contributed by atoms with E-state index in [0.29, 0.717) is 319 Å². The molecule has 0 spiro atoms. The Hall–Kier alpha value is -8.62. The van der Waals surface area contributed by atoms with Crippen LogP contribution in [0.3, 0.4) is 0 Å². The predicted octanol–water partition coefficient (Wildman–Crippen LogP) is -15.3. The molecule has 0 radical (unpaired) electrons. The molecule has 55 heteroatoms. The quantitative estimate of drug-likeness (QED) is 0.0199. The first-order valence-corrected chi connectivity index (χ1v) is 53.1. The van der Waals surface area contributed by atoms with E-state index in [-0.39, 0.29) is 160 Å². The van der Waals surface area contributed by atoms with Gasteiger partial charge in [0.25, 0.3) is 0 Å². The van der Waals surface area contributed by atoms with Crippen molar-refractivity contribution in [2.24, 2.45) is 17.2 Å². The first-order chi connectivity index (χ1) is 70.4. The van der Waals surface area contributed by atoms with Crippen LogP contribution in [0.25, 0.3) is 0 Å². The van der Waals surface area contributed by atoms with Gasteiger partial charge in [0, 0.05) is 409 Å². The van der Waals surface area contributed by atoms with Gasteiger partial charge in [-0.3, -0.25) is 71.9 Å². The fourth-order valence-electron chi connectivity index (χ4n) is 12.8. The number of thiol groups is 2. The van der Waals surface area contributed by atoms with Crippen LogP contribution in [0.15, 0.2) is 0 Å². The van der Waals surface area contributed by atoms with E-state index in [1.54, 1.807) is 0 Å². The zero-order valence-electron chi connectivity index (χ0n) is 85.9. The molecule has 0 heterocycles. The summed E-state index contributed by atoms with van der Waals surface area (Å²) in [5, 5.41) is 109. The van der Waals surface area contributed by atoms with E-state index in [4.69, 9.17) is 22.3 Å². The molecular weight excluding hydrogens is 1920 g/mol. The lowest BCUT2D eigenvalue weighted by Crippen LogP contribution is -2.48. The van der Waals surface area contributed by atoms with E-state index < -0.39 is 42.0 Å². The second-order valence-electron chi connectivity index (χ2n) is 33.8. The van der Waals surface area contributed by atoms with Crippen LogP contribution in [0.2, 0.25) is 0 Å². The Morgan fingerprint density at radius 2 is 0.359 bits per heavy atom. The second-order valence-corrected chi connectivity index (χ2v) is 34.5. The van der Waals surface area contributed by atoms with Crippen molar-refractivity contribution in [3.05, 3.63) is 0 Å². The molecule has 0 aromatic rings. The van der Waals surface area contributed by atoms with Gasteiger partial charge in [0.05, 0.1) is 12.1 Å². The highest BCUT2D eigenvalue weighted by Gasteiger charge is 2.23. The maximum Gasteiger partial charge on any atom is 0.327 e. The Morgan fingerprint density at radius 1 is 0.186 bits per heavy atom. The SMILES string of the molecule is NCCCC[C@H](N)C(=O)NCCCC[C@H](NC(=O)CCC(=O)NCCNCCNCCNCCNC(=O)CCC(=O)NCCNCCNCCNCCNC(=O)CCC(=O)NCCNCCNCCNCCNC(=O)[C@@H](N)CS)C(=O)NCCNCCNCCNCCNC(=O)CCC(=O)NCCNCCNCCNCCNC(=O)CCC(=O)NCCNCCNCCNCCNC(=O)CCC(=O)N[C@H](CS)C(=O)O. The smallest absolute Gasteiger partial charge is 0.327 e. The summed E-state index contributed by atoms with van der Waals surface area (Å²) >= 11 is 7.90. The summed E-state index contributed by atoms with van der Waals surface area (Å²) in [6, 6.07) is -3.20. The van der Waals surface area contributed by atoms with Gasteiger partial charge in [-0.05, 0) is 38.6 Å². The highest BCUT2D eigenvalue weighted by atomic mass is 32.1. The van der Waals surface area contributed by atoms with Gasteiger partial charge < -0.3 is 198 Å². The van der Waals surface area contributed by atoms with Crippen molar-refractivity contribution in [3.63, 3.8) is 0 Å². The average molecular weight is 2110 g/mol. The average Bonchev–Trinajstić information content (AvgIpc) is 0.912. The van der Waals surface area contributed by atoms with Crippen molar-refractivity contribution in [3.8, 4) is 0 Å². The van der Waals surface area contributed by atoms with Crippen LogP contribution in [-0.4, -0.2) is 463 Å². The number of aliphatic carboxylic acids is 1. The minimum Gasteiger partial charge on any atom is -0.480 e. The van der Waals surface area contributed by atoms with E-state index >= 15 is 0 Å². The number of nitrogens with two attached hydrogens (primary N) is 3. The summed E-state index contributed by atoms with van der Waals surface area (Å²) in [5.74, 6) is -4.90. The third-order valence-electron chi connectivity index (χ3n) is 21.2. The number of carboxylic acids is 1. The summed E-state index contributed by atoms with van der Waals surface area (Å²) in [4.78, 5) is 196. The van der Waals surface area contributed by atoms with Crippen molar-refractivity contribution < 1.29 is 81.8 Å². The van der Waals surface area contributed by atoms with Crippen molar-refractivity contribution in [2.75, 3.05) is 339 Å². The van der Waals surface area contributed by atoms with Gasteiger partial charge in [-0.1, -0.05) is 6.42 Å². The van der Waals surface area contributed by atoms with Crippen LogP contribution in [-0.2, 0) is 76.7 Å². The highest BCUT2D eigenvalue weighted by molar-refractivity contribution is 7.80. The molecule has 15 amide bonds. The summed E-state index contributed by atoms with van der Waals surface area (Å²) < 4.78 is 0. The van der Waals surface area contributed by atoms with Gasteiger partial charge in [0.15, 0.2) is 0 Å². The fraction of sp³-hybridized carbons (Fsp3) is 0.822. The molecule has 0 aliphatic heterocycles. The van der Waals surface area contributed by atoms with Crippen molar-refractivity contribution in [2.45, 2.75) is 140 Å². The van der Waals surface area contributed by atoms with E-state index in [2.05, 4.69) is 201 Å². The fourth-order valence-corrected chi connectivity index (χ4v) is 13.3. The summed E-state index contributed by atoms with van der Waals surface area (Å²) in [7, 11) is 0. The Kier molecular flexibility index (Phi) is 96.5. The third-order valence-corrected chi connectivity index (χ3v) is 21.9. The lowest BCUT2D eigenvalue weighted by molar-refractivity contribution is -0.141. The first-order valence-electron chi connectivity index (χ1n) is 51.9. The van der Waals surface area contributed by atoms with Gasteiger partial charge in [-0.15, -0.1) is 0 Å². The maximum atomic E-state index is 13.4. The van der Waals surface area contributed by atoms with Crippen molar-refractivity contribution >= 4 is 120 Å². The Bertz CT molecular complexity index is 3390. The van der Waals surface area contributed by atoms with E-state index in [9.17, 15) is 76.7 Å². The summed E-state index contributed by atoms with van der Waals surface area (Å²) in [6.45, 7) is 29.5. The van der Waals surface area contributed by atoms with Crippen LogP contribution in [0.5, 0.6) is 0 Å². The molecule has 145 heavy (non-hydrogen) atoms. The minimum atomic E-state index is -1.19. The Labute approximate surface area is 868 Å². The normalized spacial score (nSPS) is 11.9. The lowest BCUT2D eigenvalue weighted by atomic mass is 10.1. The molecule has 40 N–H and O–H groups in total. The molecule has 0 saturated heterocycles. The van der Waals surface area contributed by atoms with Crippen LogP contribution in [0.1, 0.15) is 116 Å². The number of nitrogens with one attached hydrogen (secondary N) is 33. The standard InChI is InChI=1S/C90H186N36O17S2/c91-19-3-1-5-71(92)87(139)122-20-4-2-6-73(125-85(137)17-15-83(135)120-65-53-108-39-27-96-25-37-104-49-61-116-77(129)9-7-75(127)112-57-45-100-33-21-94-23-35-102-47-59-114-79(131)11-13-81(133)118-63-51-106-41-29-98-31-43-110-55-67-123-88(140)72(93)69-144)89(141)124-68-56-111-44-32-99-30-42-107-52-64-119-82(134)14-12-80(132)115-60-48-103-36-24-95-22-34-101-46-58-113-76(128)8-10-78(130)117-62-50-105-38-26-97-28-40-109-54-66-121-84(136)16-18-86(138)126-74(70-145)90(142)143/h71-74,94-111,144-145H,1-70,91-93H2,(H,112,127)(H,113,128)(H,114,131)(H,115,132)(H,116,129)(H,117,130)(H,118,133)(H,119,134)(H,120,135)(H,121,136)(H,122,139)(H,123,140)(H,124,141)(H,125,137)(H,126,138)(H,142,143)/t71-,72-,73-,74+/m0/s1. The van der Waals surface area contributed by atoms with E-state index in [1.807, 2.05) is 0 Å². The monoisotopic (exact) mass is 2110 g/mol. The summed E-state index contributed by atoms with van der Waals surface area (Å²) in [5.41, 5.74) is 17.2. The third kappa shape index (κ3) is 96.0. The van der Waals surface area contributed by atoms with Gasteiger partial charge in [0.1, 0.15) is 12.1 Å². The number of hydrogen-bond acceptors (Lipinski definition) is 39. The topological polar surface area (TPSA) is 768 Å². The molecule has 840 valence electrons. The van der Waals surface area contributed by atoms with Crippen molar-refractivity contribution in [1.29, 1.82) is 0 Å². The van der Waals surface area contributed by atoms with E-state index in [1.165, 1.54) is 0 Å². The molecule has 0 unspecified atom stereocenters. The number of hydrogen-bond donors (Lipinski definition) is 39. The molecular formula is C90H186N36O17S2. The van der Waals surface area contributed by atoms with Crippen molar-refractivity contribution in [1.82, 2.24) is 175 Å². The summed E-state index contributed by atoms with van der Waals surface area (Å²) in [6.07, 6.45) is 3.82. The molecule has 0 aromatic carbocycles. The zero-order chi connectivity index (χ0) is 106. The Balaban J connectivity index is 4.00. The molecule has 0 fully saturated rings. The van der Waals surface area contributed by atoms with Gasteiger partial charge in [0.2, 0.25) is 88.6 Å². The lowest BCUT2D eigenvalue weighted by Gasteiger charge is -2.19. The molecule has 0 aliphatic carbocycles. The first kappa shape index (κ1) is 136. The van der Waals surface area contributed by atoms with Crippen LogP contribution in [0.4, 0.5) is 0 Å². The largest absolute Gasteiger partial charge is 0.480 e. The number of carbonyl (C=O) groups is 16. The molecule has 0 bridgehead atoms. The number of rotatable bonds is 107. The minimum absolute atomic E-state index is 0.0477. The number of amides is 15. The number of carboxylic acid groups (broad SMARTS) is 1. The van der Waals surface area contributed by atoms with E-state index in [0.717, 1.165) is 52.1 Å². The molecule has 4 atom stereocenters. The van der Waals surface area contributed by atoms with Gasteiger partial charge in [-0.25, -0.2) is 4.79 Å². The number of unbranched alkanes of at least 4 members (excludes halogenated alkanes) is 2. The van der Waals surface area contributed by atoms with Crippen LogP contribution < -0.4 is 193 Å². The molecule has 53 nitrogen and oxygen atoms in total. The van der Waals surface area contributed by atoms with Crippen LogP contribution >= 0.6 is 25.3 Å². The molecule has 0 aliphatic rings. The van der Waals surface area contributed by atoms with Gasteiger partial charge >= 0.3 is 5.97 Å². The Morgan fingerprint density at radius 3 is 0.559 bits per heavy atom. The number of carbonyl (C=O) groups excluding carboxylic acids is 15. The maximum absolute atomic E-state index is 13.4. The molecule has 0 rings (SSSR count). The van der Waals surface area contributed by atoms with Crippen LogP contribution in [0, 0.1) is 0 Å². The predicted molar refractivity (Wildman–Crippen MR) is 568 cm³/mol. The van der Waals surface area contributed by atoms with Gasteiger partial charge in [-0.2, -0.15) is 25.3 Å².